The summed E-state index contributed by atoms with van der Waals surface area (Å²) in [5.74, 6) is 2.50. The van der Waals surface area contributed by atoms with Gasteiger partial charge in [-0.25, -0.2) is 10.4 Å². The van der Waals surface area contributed by atoms with Gasteiger partial charge in [0.2, 0.25) is 0 Å². The van der Waals surface area contributed by atoms with E-state index in [1.54, 1.807) is 0 Å². The second kappa shape index (κ2) is 8.17. The molecule has 5 rings (SSSR count). The third kappa shape index (κ3) is 3.68. The number of aromatic amines is 1. The molecule has 0 spiro atoms. The SMILES string of the molecule is CCc1cc(O)ccc1C1CCC2C(C1)NNC2c1ncc(C2=CC[C@H](C)NC2)[nH]1. The van der Waals surface area contributed by atoms with Crippen LogP contribution in [0.3, 0.4) is 0 Å². The molecule has 1 aliphatic carbocycles. The molecule has 0 amide bonds. The molecule has 160 valence electrons. The fraction of sp³-hybridized carbons (Fsp3) is 0.542. The van der Waals surface area contributed by atoms with E-state index < -0.39 is 0 Å². The number of phenols is 1. The molecule has 2 fully saturated rings. The first-order valence-electron chi connectivity index (χ1n) is 11.4. The molecule has 1 aromatic heterocycles. The number of aromatic hydroxyl groups is 1. The maximum absolute atomic E-state index is 9.85. The number of hydrazine groups is 1. The van der Waals surface area contributed by atoms with E-state index in [2.05, 4.69) is 47.1 Å². The fourth-order valence-electron chi connectivity index (χ4n) is 5.53. The van der Waals surface area contributed by atoms with Crippen molar-refractivity contribution >= 4 is 5.57 Å². The van der Waals surface area contributed by atoms with Crippen LogP contribution in [-0.4, -0.2) is 33.7 Å². The van der Waals surface area contributed by atoms with Crippen molar-refractivity contribution in [1.82, 2.24) is 26.1 Å². The Kier molecular flexibility index (Phi) is 5.39. The highest BCUT2D eigenvalue weighted by molar-refractivity contribution is 5.64. The van der Waals surface area contributed by atoms with Gasteiger partial charge in [-0.3, -0.25) is 5.43 Å². The number of hydrogen-bond acceptors (Lipinski definition) is 5. The van der Waals surface area contributed by atoms with Crippen LogP contribution in [0.4, 0.5) is 0 Å². The number of aromatic nitrogens is 2. The molecule has 2 aromatic rings. The number of fused-ring (bicyclic) bond motifs is 1. The molecule has 0 radical (unpaired) electrons. The highest BCUT2D eigenvalue weighted by atomic mass is 16.3. The summed E-state index contributed by atoms with van der Waals surface area (Å²) in [6.07, 6.45) is 9.81. The van der Waals surface area contributed by atoms with Crippen LogP contribution in [0.1, 0.15) is 74.1 Å². The number of aryl methyl sites for hydroxylation is 1. The van der Waals surface area contributed by atoms with Gasteiger partial charge in [-0.1, -0.05) is 19.1 Å². The lowest BCUT2D eigenvalue weighted by Gasteiger charge is -2.33. The summed E-state index contributed by atoms with van der Waals surface area (Å²) >= 11 is 0. The van der Waals surface area contributed by atoms with Gasteiger partial charge in [-0.2, -0.15) is 0 Å². The Morgan fingerprint density at radius 2 is 2.10 bits per heavy atom. The Morgan fingerprint density at radius 3 is 2.90 bits per heavy atom. The van der Waals surface area contributed by atoms with Crippen molar-refractivity contribution in [3.8, 4) is 5.75 Å². The van der Waals surface area contributed by atoms with Gasteiger partial charge in [-0.05, 0) is 79.7 Å². The van der Waals surface area contributed by atoms with Gasteiger partial charge in [0.05, 0.1) is 17.9 Å². The number of hydrogen-bond donors (Lipinski definition) is 5. The predicted molar refractivity (Wildman–Crippen MR) is 119 cm³/mol. The topological polar surface area (TPSA) is 85.0 Å². The predicted octanol–water partition coefficient (Wildman–Crippen LogP) is 3.54. The number of nitrogens with zero attached hydrogens (tertiary/aromatic N) is 1. The average molecular weight is 408 g/mol. The molecular formula is C24H33N5O. The maximum atomic E-state index is 9.85. The third-order valence-corrected chi connectivity index (χ3v) is 7.30. The van der Waals surface area contributed by atoms with Crippen LogP contribution in [0.5, 0.6) is 5.75 Å². The van der Waals surface area contributed by atoms with Crippen LogP contribution < -0.4 is 16.2 Å². The van der Waals surface area contributed by atoms with Crippen LogP contribution in [0.25, 0.3) is 5.57 Å². The quantitative estimate of drug-likeness (QED) is 0.535. The lowest BCUT2D eigenvalue weighted by atomic mass is 9.73. The molecule has 30 heavy (non-hydrogen) atoms. The van der Waals surface area contributed by atoms with Crippen LogP contribution in [0, 0.1) is 5.92 Å². The van der Waals surface area contributed by atoms with Gasteiger partial charge < -0.3 is 15.4 Å². The number of phenolic OH excluding ortho intramolecular Hbond substituents is 1. The largest absolute Gasteiger partial charge is 0.508 e. The van der Waals surface area contributed by atoms with E-state index in [-0.39, 0.29) is 6.04 Å². The Hall–Kier alpha value is -2.15. The second-order valence-corrected chi connectivity index (χ2v) is 9.21. The molecule has 5 N–H and O–H groups in total. The van der Waals surface area contributed by atoms with Crippen molar-refractivity contribution in [1.29, 1.82) is 0 Å². The Bertz CT molecular complexity index is 935. The number of benzene rings is 1. The van der Waals surface area contributed by atoms with Crippen LogP contribution >= 0.6 is 0 Å². The lowest BCUT2D eigenvalue weighted by Crippen LogP contribution is -2.35. The van der Waals surface area contributed by atoms with E-state index in [1.165, 1.54) is 29.5 Å². The lowest BCUT2D eigenvalue weighted by molar-refractivity contribution is 0.276. The Morgan fingerprint density at radius 1 is 1.20 bits per heavy atom. The van der Waals surface area contributed by atoms with E-state index in [4.69, 9.17) is 4.98 Å². The van der Waals surface area contributed by atoms with Crippen LogP contribution in [0.2, 0.25) is 0 Å². The molecule has 4 unspecified atom stereocenters. The summed E-state index contributed by atoms with van der Waals surface area (Å²) in [4.78, 5) is 8.33. The van der Waals surface area contributed by atoms with E-state index in [9.17, 15) is 5.11 Å². The smallest absolute Gasteiger partial charge is 0.125 e. The highest BCUT2D eigenvalue weighted by Gasteiger charge is 2.42. The molecule has 3 heterocycles. The van der Waals surface area contributed by atoms with Gasteiger partial charge >= 0.3 is 0 Å². The minimum Gasteiger partial charge on any atom is -0.508 e. The van der Waals surface area contributed by atoms with Crippen molar-refractivity contribution in [2.75, 3.05) is 6.54 Å². The summed E-state index contributed by atoms with van der Waals surface area (Å²) < 4.78 is 0. The molecule has 1 aromatic carbocycles. The monoisotopic (exact) mass is 407 g/mol. The zero-order chi connectivity index (χ0) is 20.7. The normalized spacial score (nSPS) is 31.4. The Balaban J connectivity index is 1.29. The fourth-order valence-corrected chi connectivity index (χ4v) is 5.53. The summed E-state index contributed by atoms with van der Waals surface area (Å²) in [6.45, 7) is 5.29. The third-order valence-electron chi connectivity index (χ3n) is 7.30. The van der Waals surface area contributed by atoms with Gasteiger partial charge in [0.1, 0.15) is 11.6 Å². The Labute approximate surface area is 178 Å². The highest BCUT2D eigenvalue weighted by Crippen LogP contribution is 2.44. The summed E-state index contributed by atoms with van der Waals surface area (Å²) in [7, 11) is 0. The molecule has 6 heteroatoms. The van der Waals surface area contributed by atoms with Gasteiger partial charge in [0.25, 0.3) is 0 Å². The van der Waals surface area contributed by atoms with Gasteiger partial charge in [0.15, 0.2) is 0 Å². The van der Waals surface area contributed by atoms with E-state index in [0.717, 1.165) is 37.3 Å². The molecular weight excluding hydrogens is 374 g/mol. The van der Waals surface area contributed by atoms with Crippen molar-refractivity contribution in [3.05, 3.63) is 53.1 Å². The molecule has 1 saturated carbocycles. The molecule has 6 nitrogen and oxygen atoms in total. The van der Waals surface area contributed by atoms with E-state index >= 15 is 0 Å². The minimum atomic E-state index is 0.228. The summed E-state index contributed by atoms with van der Waals surface area (Å²) in [6, 6.07) is 7.12. The molecule has 3 aliphatic rings. The number of rotatable bonds is 4. The summed E-state index contributed by atoms with van der Waals surface area (Å²) in [5.41, 5.74) is 12.2. The van der Waals surface area contributed by atoms with Gasteiger partial charge in [-0.15, -0.1) is 0 Å². The number of imidazole rings is 1. The van der Waals surface area contributed by atoms with Crippen molar-refractivity contribution in [2.45, 2.75) is 70.0 Å². The molecule has 5 atom stereocenters. The van der Waals surface area contributed by atoms with E-state index in [1.807, 2.05) is 18.3 Å². The first-order chi connectivity index (χ1) is 14.6. The average Bonchev–Trinajstić information content (AvgIpc) is 3.40. The van der Waals surface area contributed by atoms with E-state index in [0.29, 0.717) is 29.7 Å². The number of nitrogens with one attached hydrogen (secondary N) is 4. The number of H-pyrrole nitrogens is 1. The molecule has 2 aliphatic heterocycles. The minimum absolute atomic E-state index is 0.228. The zero-order valence-electron chi connectivity index (χ0n) is 17.9. The van der Waals surface area contributed by atoms with Crippen molar-refractivity contribution in [2.24, 2.45) is 5.92 Å². The van der Waals surface area contributed by atoms with Crippen molar-refractivity contribution < 1.29 is 5.11 Å². The first-order valence-corrected chi connectivity index (χ1v) is 11.4. The van der Waals surface area contributed by atoms with Gasteiger partial charge in [0, 0.05) is 18.6 Å². The standard InChI is InChI=1S/C24H33N5O/c1-3-15-10-18(30)7-9-19(15)16-6-8-20-21(11-16)28-29-23(20)24-26-13-22(27-24)17-5-4-14(2)25-12-17/h5,7,9-10,13-14,16,20-21,23,25,28-30H,3-4,6,8,11-12H2,1-2H3,(H,26,27)/t14-,16?,20?,21?,23?/m0/s1. The van der Waals surface area contributed by atoms with Crippen LogP contribution in [0.15, 0.2) is 30.5 Å². The van der Waals surface area contributed by atoms with Crippen molar-refractivity contribution in [3.63, 3.8) is 0 Å². The zero-order valence-corrected chi connectivity index (χ0v) is 17.9. The maximum Gasteiger partial charge on any atom is 0.125 e. The first kappa shape index (κ1) is 19.8. The molecule has 0 bridgehead atoms. The molecule has 1 saturated heterocycles. The van der Waals surface area contributed by atoms with Crippen LogP contribution in [-0.2, 0) is 6.42 Å². The summed E-state index contributed by atoms with van der Waals surface area (Å²) in [5, 5.41) is 13.4. The second-order valence-electron chi connectivity index (χ2n) is 9.21.